The molecule has 1 atom stereocenters. The lowest BCUT2D eigenvalue weighted by Gasteiger charge is -2.41. The number of hydrogen-bond donors (Lipinski definition) is 2. The summed E-state index contributed by atoms with van der Waals surface area (Å²) >= 11 is 0. The topological polar surface area (TPSA) is 129 Å². The van der Waals surface area contributed by atoms with E-state index in [2.05, 4.69) is 24.8 Å². The van der Waals surface area contributed by atoms with E-state index >= 15 is 0 Å². The summed E-state index contributed by atoms with van der Waals surface area (Å²) in [7, 11) is -3.79. The van der Waals surface area contributed by atoms with Crippen molar-refractivity contribution in [2.45, 2.75) is 39.2 Å². The number of ether oxygens (including phenoxy) is 2. The molecule has 1 unspecified atom stereocenters. The second-order valence-electron chi connectivity index (χ2n) is 9.94. The molecule has 0 spiro atoms. The van der Waals surface area contributed by atoms with Gasteiger partial charge in [-0.15, -0.1) is 0 Å². The number of nitrogens with one attached hydrogen (secondary N) is 1. The van der Waals surface area contributed by atoms with Gasteiger partial charge in [0, 0.05) is 51.4 Å². The number of sulfonamides is 1. The van der Waals surface area contributed by atoms with Crippen LogP contribution in [0.2, 0.25) is 0 Å². The minimum Gasteiger partial charge on any atom is -0.444 e. The van der Waals surface area contributed by atoms with Gasteiger partial charge in [0.15, 0.2) is 0 Å². The van der Waals surface area contributed by atoms with Crippen molar-refractivity contribution in [3.05, 3.63) is 29.3 Å². The van der Waals surface area contributed by atoms with Gasteiger partial charge in [0.05, 0.1) is 24.4 Å². The molecule has 2 N–H and O–H groups in total. The molecule has 3 aliphatic rings. The summed E-state index contributed by atoms with van der Waals surface area (Å²) in [6.45, 7) is 7.09. The highest BCUT2D eigenvalue weighted by molar-refractivity contribution is 7.89. The summed E-state index contributed by atoms with van der Waals surface area (Å²) in [6, 6.07) is 6.10. The molecule has 0 bridgehead atoms. The lowest BCUT2D eigenvalue weighted by molar-refractivity contribution is -0.141. The van der Waals surface area contributed by atoms with Crippen LogP contribution in [0.5, 0.6) is 0 Å². The molecule has 0 saturated carbocycles. The van der Waals surface area contributed by atoms with Crippen LogP contribution < -0.4 is 10.4 Å². The first-order valence-electron chi connectivity index (χ1n) is 12.4. The Labute approximate surface area is 212 Å². The molecule has 3 fully saturated rings. The van der Waals surface area contributed by atoms with E-state index in [-0.39, 0.29) is 32.0 Å². The second-order valence-corrected chi connectivity index (χ2v) is 11.9. The van der Waals surface area contributed by atoms with Crippen molar-refractivity contribution < 1.29 is 32.7 Å². The monoisotopic (exact) mass is 524 g/mol. The number of likely N-dealkylation sites (tertiary alicyclic amines) is 1. The van der Waals surface area contributed by atoms with E-state index in [1.165, 1.54) is 20.3 Å². The number of amides is 2. The maximum absolute atomic E-state index is 13.4. The summed E-state index contributed by atoms with van der Waals surface area (Å²) in [5.74, 6) is -1.16. The van der Waals surface area contributed by atoms with Crippen molar-refractivity contribution in [2.75, 3.05) is 63.1 Å². The Morgan fingerprint density at radius 2 is 1.83 bits per heavy atom. The fraction of sp³-hybridized carbons (Fsp3) is 0.667. The van der Waals surface area contributed by atoms with Gasteiger partial charge in [-0.2, -0.15) is 4.31 Å². The minimum atomic E-state index is -3.79. The number of carbonyl (C=O) groups excluding carboxylic acids is 2. The first kappa shape index (κ1) is 26.6. The summed E-state index contributed by atoms with van der Waals surface area (Å²) in [5, 5.41) is 9.40. The molecule has 200 valence electrons. The molecule has 1 aromatic rings. The third-order valence-electron chi connectivity index (χ3n) is 7.72. The summed E-state index contributed by atoms with van der Waals surface area (Å²) in [4.78, 5) is 28.9. The molecule has 3 heterocycles. The molecule has 12 heteroatoms. The Hall–Kier alpha value is -2.41. The van der Waals surface area contributed by atoms with Crippen LogP contribution in [0.3, 0.4) is 0 Å². The van der Waals surface area contributed by atoms with Crippen molar-refractivity contribution in [1.82, 2.24) is 14.7 Å². The van der Waals surface area contributed by atoms with Crippen LogP contribution in [0.15, 0.2) is 18.2 Å². The van der Waals surface area contributed by atoms with E-state index < -0.39 is 33.2 Å². The normalized spacial score (nSPS) is 22.9. The van der Waals surface area contributed by atoms with Crippen molar-refractivity contribution in [2.24, 2.45) is 5.41 Å². The summed E-state index contributed by atoms with van der Waals surface area (Å²) < 4.78 is 38.9. The van der Waals surface area contributed by atoms with Gasteiger partial charge in [-0.25, -0.2) is 18.7 Å². The number of carbonyl (C=O) groups is 2. The van der Waals surface area contributed by atoms with Crippen LogP contribution in [-0.4, -0.2) is 99.2 Å². The van der Waals surface area contributed by atoms with Gasteiger partial charge >= 0.3 is 6.09 Å². The highest BCUT2D eigenvalue weighted by Gasteiger charge is 2.47. The number of rotatable bonds is 6. The molecule has 1 aromatic carbocycles. The highest BCUT2D eigenvalue weighted by Crippen LogP contribution is 2.35. The average Bonchev–Trinajstić information content (AvgIpc) is 3.38. The number of hydroxylamine groups is 1. The Bertz CT molecular complexity index is 1060. The predicted molar refractivity (Wildman–Crippen MR) is 132 cm³/mol. The van der Waals surface area contributed by atoms with Crippen LogP contribution in [0.1, 0.15) is 30.4 Å². The molecule has 0 radical (unpaired) electrons. The largest absolute Gasteiger partial charge is 0.444 e. The lowest BCUT2D eigenvalue weighted by Crippen LogP contribution is -2.56. The molecule has 2 amide bonds. The molecular formula is C24H36N4O7S. The van der Waals surface area contributed by atoms with E-state index in [4.69, 9.17) is 9.47 Å². The van der Waals surface area contributed by atoms with Gasteiger partial charge in [0.1, 0.15) is 6.10 Å². The van der Waals surface area contributed by atoms with Crippen molar-refractivity contribution in [3.8, 4) is 0 Å². The minimum absolute atomic E-state index is 0.108. The second kappa shape index (κ2) is 10.9. The van der Waals surface area contributed by atoms with E-state index in [9.17, 15) is 23.2 Å². The maximum atomic E-state index is 13.4. The number of anilines is 1. The zero-order valence-corrected chi connectivity index (χ0v) is 21.8. The SMILES string of the molecule is Cc1cccc(N2CCN(S(=O)(=O)CC3(C(=O)NO)CCN(C(=O)OC4CCOC4)CC3)CC2)c1C. The van der Waals surface area contributed by atoms with Gasteiger partial charge in [-0.3, -0.25) is 10.0 Å². The predicted octanol–water partition coefficient (Wildman–Crippen LogP) is 1.27. The number of benzene rings is 1. The highest BCUT2D eigenvalue weighted by atomic mass is 32.2. The number of aryl methyl sites for hydroxylation is 1. The van der Waals surface area contributed by atoms with Crippen molar-refractivity contribution in [1.29, 1.82) is 0 Å². The Morgan fingerprint density at radius 3 is 2.44 bits per heavy atom. The zero-order valence-electron chi connectivity index (χ0n) is 20.9. The van der Waals surface area contributed by atoms with E-state index in [0.717, 1.165) is 5.69 Å². The van der Waals surface area contributed by atoms with E-state index in [1.54, 1.807) is 5.48 Å². The van der Waals surface area contributed by atoms with Crippen LogP contribution in [0.25, 0.3) is 0 Å². The lowest BCUT2D eigenvalue weighted by atomic mass is 9.79. The fourth-order valence-corrected chi connectivity index (χ4v) is 7.24. The summed E-state index contributed by atoms with van der Waals surface area (Å²) in [6.07, 6.45) is 0.0848. The van der Waals surface area contributed by atoms with Crippen LogP contribution >= 0.6 is 0 Å². The van der Waals surface area contributed by atoms with Crippen molar-refractivity contribution in [3.63, 3.8) is 0 Å². The van der Waals surface area contributed by atoms with E-state index in [0.29, 0.717) is 45.8 Å². The fourth-order valence-electron chi connectivity index (χ4n) is 5.22. The van der Waals surface area contributed by atoms with Crippen LogP contribution in [0.4, 0.5) is 10.5 Å². The van der Waals surface area contributed by atoms with Gasteiger partial charge in [-0.1, -0.05) is 12.1 Å². The van der Waals surface area contributed by atoms with Gasteiger partial charge in [0.25, 0.3) is 5.91 Å². The molecule has 4 rings (SSSR count). The average molecular weight is 525 g/mol. The Morgan fingerprint density at radius 1 is 1.14 bits per heavy atom. The Balaban J connectivity index is 1.38. The smallest absolute Gasteiger partial charge is 0.410 e. The van der Waals surface area contributed by atoms with Crippen LogP contribution in [0, 0.1) is 19.3 Å². The molecule has 0 aliphatic carbocycles. The van der Waals surface area contributed by atoms with Gasteiger partial charge in [-0.05, 0) is 43.9 Å². The zero-order chi connectivity index (χ0) is 25.9. The standard InChI is InChI=1S/C24H36N4O7S/c1-18-4-3-5-21(19(18)2)26-11-13-28(14-12-26)36(32,33)17-24(22(29)25-31)7-9-27(10-8-24)23(30)35-20-6-15-34-16-20/h3-5,20,31H,6-17H2,1-2H3,(H,25,29). The third-order valence-corrected chi connectivity index (χ3v) is 9.79. The number of hydrogen-bond acceptors (Lipinski definition) is 8. The molecule has 36 heavy (non-hydrogen) atoms. The number of nitrogens with zero attached hydrogens (tertiary/aromatic N) is 3. The molecule has 0 aromatic heterocycles. The number of piperazine rings is 1. The third kappa shape index (κ3) is 5.61. The van der Waals surface area contributed by atoms with Gasteiger partial charge < -0.3 is 19.3 Å². The van der Waals surface area contributed by atoms with E-state index in [1.807, 2.05) is 12.1 Å². The molecule has 11 nitrogen and oxygen atoms in total. The molecular weight excluding hydrogens is 488 g/mol. The quantitative estimate of drug-likeness (QED) is 0.421. The van der Waals surface area contributed by atoms with Crippen molar-refractivity contribution >= 4 is 27.7 Å². The number of piperidine rings is 1. The first-order valence-corrected chi connectivity index (χ1v) is 14.0. The summed E-state index contributed by atoms with van der Waals surface area (Å²) in [5.41, 5.74) is 3.80. The van der Waals surface area contributed by atoms with Crippen LogP contribution in [-0.2, 0) is 24.3 Å². The van der Waals surface area contributed by atoms with Gasteiger partial charge in [0.2, 0.25) is 10.0 Å². The molecule has 3 aliphatic heterocycles. The first-order chi connectivity index (χ1) is 17.1. The Kier molecular flexibility index (Phi) is 8.08. The molecule has 3 saturated heterocycles. The maximum Gasteiger partial charge on any atom is 0.410 e.